The van der Waals surface area contributed by atoms with E-state index in [1.807, 2.05) is 12.1 Å². The number of nitrogens with zero attached hydrogens (tertiary/aromatic N) is 1. The molecule has 4 nitrogen and oxygen atoms in total. The number of aromatic nitrogens is 2. The van der Waals surface area contributed by atoms with Gasteiger partial charge in [0.2, 0.25) is 0 Å². The first-order valence-electron chi connectivity index (χ1n) is 6.48. The number of aryl methyl sites for hydroxylation is 2. The van der Waals surface area contributed by atoms with Gasteiger partial charge in [-0.1, -0.05) is 37.6 Å². The Balaban J connectivity index is 2.24. The molecule has 0 amide bonds. The molecule has 0 saturated heterocycles. The van der Waals surface area contributed by atoms with E-state index in [0.29, 0.717) is 12.1 Å². The fourth-order valence-electron chi connectivity index (χ4n) is 2.03. The summed E-state index contributed by atoms with van der Waals surface area (Å²) in [5, 5.41) is 0. The van der Waals surface area contributed by atoms with Crippen LogP contribution in [-0.2, 0) is 13.0 Å². The standard InChI is InChI=1S/C15H18N2O2/c1-3-4-12-5-7-13(8-6-12)10-17-9-11(2)14(18)16-15(17)19/h5-9H,3-4,10H2,1-2H3,(H,16,18,19). The van der Waals surface area contributed by atoms with Crippen molar-refractivity contribution in [3.05, 3.63) is 68.0 Å². The lowest BCUT2D eigenvalue weighted by Crippen LogP contribution is -2.31. The summed E-state index contributed by atoms with van der Waals surface area (Å²) < 4.78 is 1.52. The van der Waals surface area contributed by atoms with E-state index in [1.54, 1.807) is 13.1 Å². The molecule has 0 saturated carbocycles. The molecule has 19 heavy (non-hydrogen) atoms. The average molecular weight is 258 g/mol. The molecule has 0 spiro atoms. The van der Waals surface area contributed by atoms with Crippen molar-refractivity contribution in [3.8, 4) is 0 Å². The highest BCUT2D eigenvalue weighted by Crippen LogP contribution is 2.07. The number of H-pyrrole nitrogens is 1. The molecule has 0 aliphatic rings. The molecule has 0 atom stereocenters. The van der Waals surface area contributed by atoms with Crippen molar-refractivity contribution in [2.75, 3.05) is 0 Å². The summed E-state index contributed by atoms with van der Waals surface area (Å²) in [6.45, 7) is 4.32. The molecule has 100 valence electrons. The third-order valence-electron chi connectivity index (χ3n) is 3.10. The van der Waals surface area contributed by atoms with E-state index in [2.05, 4.69) is 24.0 Å². The first-order chi connectivity index (χ1) is 9.10. The monoisotopic (exact) mass is 258 g/mol. The van der Waals surface area contributed by atoms with E-state index in [9.17, 15) is 9.59 Å². The largest absolute Gasteiger partial charge is 0.328 e. The van der Waals surface area contributed by atoms with Gasteiger partial charge in [-0.15, -0.1) is 0 Å². The molecule has 2 aromatic rings. The molecule has 0 unspecified atom stereocenters. The van der Waals surface area contributed by atoms with Crippen LogP contribution in [0.25, 0.3) is 0 Å². The van der Waals surface area contributed by atoms with Gasteiger partial charge in [0, 0.05) is 11.8 Å². The lowest BCUT2D eigenvalue weighted by molar-refractivity contribution is 0.713. The lowest BCUT2D eigenvalue weighted by Gasteiger charge is -2.07. The molecule has 0 fully saturated rings. The van der Waals surface area contributed by atoms with Gasteiger partial charge < -0.3 is 0 Å². The van der Waals surface area contributed by atoms with Crippen molar-refractivity contribution in [1.29, 1.82) is 0 Å². The van der Waals surface area contributed by atoms with Crippen LogP contribution in [0.2, 0.25) is 0 Å². The SMILES string of the molecule is CCCc1ccc(Cn2cc(C)c(=O)[nH]c2=O)cc1. The summed E-state index contributed by atoms with van der Waals surface area (Å²) in [4.78, 5) is 25.3. The highest BCUT2D eigenvalue weighted by molar-refractivity contribution is 5.23. The summed E-state index contributed by atoms with van der Waals surface area (Å²) in [7, 11) is 0. The Kier molecular flexibility index (Phi) is 4.00. The van der Waals surface area contributed by atoms with Crippen LogP contribution in [0.5, 0.6) is 0 Å². The Bertz CT molecular complexity index is 666. The van der Waals surface area contributed by atoms with Crippen LogP contribution in [-0.4, -0.2) is 9.55 Å². The zero-order valence-electron chi connectivity index (χ0n) is 11.3. The van der Waals surface area contributed by atoms with E-state index in [-0.39, 0.29) is 11.2 Å². The molecule has 0 bridgehead atoms. The minimum Gasteiger partial charge on any atom is -0.296 e. The quantitative estimate of drug-likeness (QED) is 0.909. The fraction of sp³-hybridized carbons (Fsp3) is 0.333. The van der Waals surface area contributed by atoms with E-state index in [4.69, 9.17) is 0 Å². The smallest absolute Gasteiger partial charge is 0.296 e. The number of hydrogen-bond donors (Lipinski definition) is 1. The summed E-state index contributed by atoms with van der Waals surface area (Å²) in [5.41, 5.74) is 2.21. The molecule has 1 aromatic carbocycles. The number of benzene rings is 1. The van der Waals surface area contributed by atoms with E-state index in [0.717, 1.165) is 18.4 Å². The molecule has 2 rings (SSSR count). The van der Waals surface area contributed by atoms with Gasteiger partial charge in [0.25, 0.3) is 5.56 Å². The topological polar surface area (TPSA) is 54.9 Å². The number of aromatic amines is 1. The first kappa shape index (κ1) is 13.3. The Morgan fingerprint density at radius 3 is 2.37 bits per heavy atom. The fourth-order valence-corrected chi connectivity index (χ4v) is 2.03. The first-order valence-corrected chi connectivity index (χ1v) is 6.48. The Morgan fingerprint density at radius 2 is 1.74 bits per heavy atom. The predicted molar refractivity (Wildman–Crippen MR) is 75.6 cm³/mol. The summed E-state index contributed by atoms with van der Waals surface area (Å²) in [6, 6.07) is 8.22. The van der Waals surface area contributed by atoms with Gasteiger partial charge in [-0.05, 0) is 24.5 Å². The maximum atomic E-state index is 11.7. The summed E-state index contributed by atoms with van der Waals surface area (Å²) >= 11 is 0. The minimum absolute atomic E-state index is 0.320. The molecule has 0 aliphatic carbocycles. The maximum absolute atomic E-state index is 11.7. The maximum Gasteiger partial charge on any atom is 0.328 e. The zero-order valence-corrected chi connectivity index (χ0v) is 11.3. The molecular formula is C15H18N2O2. The minimum atomic E-state index is -0.367. The van der Waals surface area contributed by atoms with Crippen LogP contribution in [0.4, 0.5) is 0 Å². The average Bonchev–Trinajstić information content (AvgIpc) is 2.38. The van der Waals surface area contributed by atoms with Crippen molar-refractivity contribution >= 4 is 0 Å². The second-order valence-corrected chi connectivity index (χ2v) is 4.77. The summed E-state index contributed by atoms with van der Waals surface area (Å²) in [5.74, 6) is 0. The third kappa shape index (κ3) is 3.22. The van der Waals surface area contributed by atoms with Crippen LogP contribution >= 0.6 is 0 Å². The normalized spacial score (nSPS) is 10.6. The second-order valence-electron chi connectivity index (χ2n) is 4.77. The Labute approximate surface area is 111 Å². The molecule has 1 heterocycles. The molecule has 1 N–H and O–H groups in total. The van der Waals surface area contributed by atoms with E-state index < -0.39 is 0 Å². The predicted octanol–water partition coefficient (Wildman–Crippen LogP) is 1.85. The number of hydrogen-bond acceptors (Lipinski definition) is 2. The number of rotatable bonds is 4. The van der Waals surface area contributed by atoms with Gasteiger partial charge in [0.15, 0.2) is 0 Å². The molecule has 0 radical (unpaired) electrons. The van der Waals surface area contributed by atoms with Crippen molar-refractivity contribution in [2.45, 2.75) is 33.2 Å². The lowest BCUT2D eigenvalue weighted by atomic mass is 10.1. The Morgan fingerprint density at radius 1 is 1.11 bits per heavy atom. The van der Waals surface area contributed by atoms with Crippen LogP contribution in [0.1, 0.15) is 30.0 Å². The van der Waals surface area contributed by atoms with Gasteiger partial charge in [-0.2, -0.15) is 0 Å². The van der Waals surface area contributed by atoms with Gasteiger partial charge in [0.1, 0.15) is 0 Å². The number of nitrogens with one attached hydrogen (secondary N) is 1. The van der Waals surface area contributed by atoms with Crippen molar-refractivity contribution in [1.82, 2.24) is 9.55 Å². The summed E-state index contributed by atoms with van der Waals surface area (Å²) in [6.07, 6.45) is 3.79. The highest BCUT2D eigenvalue weighted by atomic mass is 16.2. The van der Waals surface area contributed by atoms with Crippen LogP contribution in [0, 0.1) is 6.92 Å². The van der Waals surface area contributed by atoms with Crippen LogP contribution in [0.3, 0.4) is 0 Å². The van der Waals surface area contributed by atoms with Crippen LogP contribution in [0.15, 0.2) is 40.1 Å². The molecule has 0 aliphatic heterocycles. The van der Waals surface area contributed by atoms with Gasteiger partial charge in [0.05, 0.1) is 6.54 Å². The zero-order chi connectivity index (χ0) is 13.8. The van der Waals surface area contributed by atoms with Crippen molar-refractivity contribution in [2.24, 2.45) is 0 Å². The van der Waals surface area contributed by atoms with E-state index >= 15 is 0 Å². The van der Waals surface area contributed by atoms with Gasteiger partial charge in [-0.3, -0.25) is 14.3 Å². The van der Waals surface area contributed by atoms with Crippen molar-refractivity contribution in [3.63, 3.8) is 0 Å². The van der Waals surface area contributed by atoms with Gasteiger partial charge in [-0.25, -0.2) is 4.79 Å². The second kappa shape index (κ2) is 5.69. The third-order valence-corrected chi connectivity index (χ3v) is 3.10. The molecule has 1 aromatic heterocycles. The Hall–Kier alpha value is -2.10. The highest BCUT2D eigenvalue weighted by Gasteiger charge is 2.02. The molecular weight excluding hydrogens is 240 g/mol. The van der Waals surface area contributed by atoms with Crippen molar-refractivity contribution < 1.29 is 0 Å². The van der Waals surface area contributed by atoms with Gasteiger partial charge >= 0.3 is 5.69 Å². The van der Waals surface area contributed by atoms with Crippen LogP contribution < -0.4 is 11.2 Å². The van der Waals surface area contributed by atoms with E-state index in [1.165, 1.54) is 10.1 Å². The molecule has 4 heteroatoms.